The van der Waals surface area contributed by atoms with E-state index in [1.165, 1.54) is 37.7 Å². The second-order valence-electron chi connectivity index (χ2n) is 5.19. The van der Waals surface area contributed by atoms with Crippen LogP contribution in [0.25, 0.3) is 0 Å². The molecule has 18 heavy (non-hydrogen) atoms. The summed E-state index contributed by atoms with van der Waals surface area (Å²) >= 11 is 6.38. The summed E-state index contributed by atoms with van der Waals surface area (Å²) in [5.41, 5.74) is 2.16. The lowest BCUT2D eigenvalue weighted by molar-refractivity contribution is 0.178. The van der Waals surface area contributed by atoms with Crippen LogP contribution in [-0.2, 0) is 0 Å². The van der Waals surface area contributed by atoms with E-state index in [-0.39, 0.29) is 0 Å². The fourth-order valence-corrected chi connectivity index (χ4v) is 3.15. The van der Waals surface area contributed by atoms with Crippen LogP contribution in [0.2, 0.25) is 5.02 Å². The molecule has 0 radical (unpaired) electrons. The minimum absolute atomic E-state index is 0.479. The number of aliphatic hydroxyl groups excluding tert-OH is 1. The Morgan fingerprint density at radius 1 is 1.33 bits per heavy atom. The maximum absolute atomic E-state index is 9.93. The van der Waals surface area contributed by atoms with Gasteiger partial charge in [-0.2, -0.15) is 0 Å². The highest BCUT2D eigenvalue weighted by molar-refractivity contribution is 6.31. The van der Waals surface area contributed by atoms with Crippen molar-refractivity contribution in [1.82, 2.24) is 5.32 Å². The molecular weight excluding hydrogens is 246 g/mol. The van der Waals surface area contributed by atoms with Crippen LogP contribution in [0.5, 0.6) is 0 Å². The number of hydrogen-bond donors (Lipinski definition) is 2. The summed E-state index contributed by atoms with van der Waals surface area (Å²) in [5.74, 6) is 0.613. The number of benzene rings is 1. The van der Waals surface area contributed by atoms with E-state index in [9.17, 15) is 5.11 Å². The van der Waals surface area contributed by atoms with E-state index in [0.29, 0.717) is 12.5 Å². The predicted molar refractivity (Wildman–Crippen MR) is 76.2 cm³/mol. The van der Waals surface area contributed by atoms with Crippen LogP contribution in [-0.4, -0.2) is 18.7 Å². The summed E-state index contributed by atoms with van der Waals surface area (Å²) in [6.07, 6.45) is 5.99. The molecular formula is C15H22ClNO. The van der Waals surface area contributed by atoms with E-state index in [0.717, 1.165) is 10.6 Å². The van der Waals surface area contributed by atoms with Gasteiger partial charge in [-0.1, -0.05) is 43.0 Å². The molecule has 0 amide bonds. The normalized spacial score (nSPS) is 18.8. The SMILES string of the molecule is CNCC(O)c1ccc(C2CCCCC2)c(Cl)c1. The highest BCUT2D eigenvalue weighted by Gasteiger charge is 2.19. The van der Waals surface area contributed by atoms with Crippen LogP contribution in [0, 0.1) is 0 Å². The molecule has 1 atom stereocenters. The molecule has 2 nitrogen and oxygen atoms in total. The Kier molecular flexibility index (Phi) is 5.04. The van der Waals surface area contributed by atoms with Crippen LogP contribution < -0.4 is 5.32 Å². The fourth-order valence-electron chi connectivity index (χ4n) is 2.81. The van der Waals surface area contributed by atoms with Gasteiger partial charge >= 0.3 is 0 Å². The molecule has 1 fully saturated rings. The predicted octanol–water partition coefficient (Wildman–Crippen LogP) is 3.64. The number of nitrogens with one attached hydrogen (secondary N) is 1. The summed E-state index contributed by atoms with van der Waals surface area (Å²) in [7, 11) is 1.83. The summed E-state index contributed by atoms with van der Waals surface area (Å²) in [5, 5.41) is 13.7. The van der Waals surface area contributed by atoms with Crippen molar-refractivity contribution in [1.29, 1.82) is 0 Å². The van der Waals surface area contributed by atoms with Crippen molar-refractivity contribution in [2.45, 2.75) is 44.1 Å². The molecule has 3 heteroatoms. The van der Waals surface area contributed by atoms with Gasteiger partial charge < -0.3 is 10.4 Å². The molecule has 1 aromatic carbocycles. The molecule has 1 saturated carbocycles. The van der Waals surface area contributed by atoms with Gasteiger partial charge in [0.05, 0.1) is 6.10 Å². The summed E-state index contributed by atoms with van der Waals surface area (Å²) in [6.45, 7) is 0.555. The minimum atomic E-state index is -0.479. The fraction of sp³-hybridized carbons (Fsp3) is 0.600. The molecule has 1 aliphatic rings. The molecule has 2 rings (SSSR count). The molecule has 0 bridgehead atoms. The van der Waals surface area contributed by atoms with Crippen molar-refractivity contribution < 1.29 is 5.11 Å². The van der Waals surface area contributed by atoms with Gasteiger partial charge in [-0.15, -0.1) is 0 Å². The van der Waals surface area contributed by atoms with Gasteiger partial charge in [0.1, 0.15) is 0 Å². The molecule has 0 aromatic heterocycles. The zero-order valence-electron chi connectivity index (χ0n) is 11.0. The van der Waals surface area contributed by atoms with E-state index in [2.05, 4.69) is 11.4 Å². The number of likely N-dealkylation sites (N-methyl/N-ethyl adjacent to an activating group) is 1. The average Bonchev–Trinajstić information content (AvgIpc) is 2.40. The lowest BCUT2D eigenvalue weighted by Gasteiger charge is -2.23. The van der Waals surface area contributed by atoms with Crippen LogP contribution in [0.4, 0.5) is 0 Å². The van der Waals surface area contributed by atoms with Gasteiger partial charge in [-0.05, 0) is 43.0 Å². The van der Waals surface area contributed by atoms with Gasteiger partial charge in [0, 0.05) is 11.6 Å². The number of aliphatic hydroxyl groups is 1. The van der Waals surface area contributed by atoms with Crippen LogP contribution in [0.15, 0.2) is 18.2 Å². The van der Waals surface area contributed by atoms with E-state index in [1.807, 2.05) is 19.2 Å². The van der Waals surface area contributed by atoms with E-state index < -0.39 is 6.10 Å². The van der Waals surface area contributed by atoms with Crippen LogP contribution in [0.3, 0.4) is 0 Å². The van der Waals surface area contributed by atoms with Crippen molar-refractivity contribution in [3.8, 4) is 0 Å². The second kappa shape index (κ2) is 6.55. The molecule has 0 spiro atoms. The highest BCUT2D eigenvalue weighted by atomic mass is 35.5. The lowest BCUT2D eigenvalue weighted by atomic mass is 9.83. The van der Waals surface area contributed by atoms with Crippen LogP contribution >= 0.6 is 11.6 Å². The summed E-state index contributed by atoms with van der Waals surface area (Å²) in [6, 6.07) is 6.04. The first-order chi connectivity index (χ1) is 8.72. The van der Waals surface area contributed by atoms with Gasteiger partial charge in [0.2, 0.25) is 0 Å². The third-order valence-electron chi connectivity index (χ3n) is 3.85. The smallest absolute Gasteiger partial charge is 0.0914 e. The standard InChI is InChI=1S/C15H22ClNO/c1-17-10-15(18)12-7-8-13(14(16)9-12)11-5-3-2-4-6-11/h7-9,11,15,17-18H,2-6,10H2,1H3. The monoisotopic (exact) mass is 267 g/mol. The summed E-state index contributed by atoms with van der Waals surface area (Å²) in [4.78, 5) is 0. The topological polar surface area (TPSA) is 32.3 Å². The Morgan fingerprint density at radius 3 is 2.67 bits per heavy atom. The number of rotatable bonds is 4. The average molecular weight is 268 g/mol. The van der Waals surface area contributed by atoms with Gasteiger partial charge in [-0.25, -0.2) is 0 Å². The number of hydrogen-bond acceptors (Lipinski definition) is 2. The molecule has 1 unspecified atom stereocenters. The third kappa shape index (κ3) is 3.25. The van der Waals surface area contributed by atoms with Crippen LogP contribution in [0.1, 0.15) is 55.3 Å². The highest BCUT2D eigenvalue weighted by Crippen LogP contribution is 2.37. The van der Waals surface area contributed by atoms with E-state index in [1.54, 1.807) is 0 Å². The lowest BCUT2D eigenvalue weighted by Crippen LogP contribution is -2.16. The Morgan fingerprint density at radius 2 is 2.06 bits per heavy atom. The first-order valence-corrected chi connectivity index (χ1v) is 7.22. The van der Waals surface area contributed by atoms with E-state index >= 15 is 0 Å². The minimum Gasteiger partial charge on any atom is -0.387 e. The van der Waals surface area contributed by atoms with Crippen molar-refractivity contribution >= 4 is 11.6 Å². The Bertz CT molecular complexity index is 388. The first-order valence-electron chi connectivity index (χ1n) is 6.84. The molecule has 0 saturated heterocycles. The maximum Gasteiger partial charge on any atom is 0.0914 e. The van der Waals surface area contributed by atoms with Gasteiger partial charge in [0.15, 0.2) is 0 Å². The van der Waals surface area contributed by atoms with E-state index in [4.69, 9.17) is 11.6 Å². The second-order valence-corrected chi connectivity index (χ2v) is 5.60. The van der Waals surface area contributed by atoms with Crippen molar-refractivity contribution in [2.75, 3.05) is 13.6 Å². The van der Waals surface area contributed by atoms with Crippen molar-refractivity contribution in [2.24, 2.45) is 0 Å². The van der Waals surface area contributed by atoms with Gasteiger partial charge in [-0.3, -0.25) is 0 Å². The zero-order chi connectivity index (χ0) is 13.0. The Balaban J connectivity index is 2.13. The maximum atomic E-state index is 9.93. The Hall–Kier alpha value is -0.570. The quantitative estimate of drug-likeness (QED) is 0.873. The molecule has 100 valence electrons. The van der Waals surface area contributed by atoms with Crippen molar-refractivity contribution in [3.63, 3.8) is 0 Å². The molecule has 0 heterocycles. The first kappa shape index (κ1) is 13.9. The zero-order valence-corrected chi connectivity index (χ0v) is 11.7. The number of halogens is 1. The van der Waals surface area contributed by atoms with Crippen molar-refractivity contribution in [3.05, 3.63) is 34.3 Å². The molecule has 0 aliphatic heterocycles. The molecule has 1 aliphatic carbocycles. The molecule has 2 N–H and O–H groups in total. The summed E-state index contributed by atoms with van der Waals surface area (Å²) < 4.78 is 0. The third-order valence-corrected chi connectivity index (χ3v) is 4.18. The Labute approximate surface area is 114 Å². The largest absolute Gasteiger partial charge is 0.387 e. The molecule has 1 aromatic rings. The van der Waals surface area contributed by atoms with Gasteiger partial charge in [0.25, 0.3) is 0 Å².